The van der Waals surface area contributed by atoms with Crippen LogP contribution in [-0.2, 0) is 6.42 Å². The van der Waals surface area contributed by atoms with Gasteiger partial charge >= 0.3 is 0 Å². The number of rotatable bonds is 5. The summed E-state index contributed by atoms with van der Waals surface area (Å²) in [4.78, 5) is 3.99. The molecule has 1 atom stereocenters. The van der Waals surface area contributed by atoms with E-state index in [1.807, 2.05) is 12.1 Å². The molecule has 2 nitrogen and oxygen atoms in total. The molecule has 1 saturated carbocycles. The molecule has 0 aliphatic heterocycles. The molecule has 0 saturated heterocycles. The van der Waals surface area contributed by atoms with Crippen molar-refractivity contribution in [3.63, 3.8) is 0 Å². The van der Waals surface area contributed by atoms with E-state index < -0.39 is 0 Å². The van der Waals surface area contributed by atoms with E-state index in [0.29, 0.717) is 0 Å². The lowest BCUT2D eigenvalue weighted by molar-refractivity contribution is 0.149. The Morgan fingerprint density at radius 2 is 1.88 bits per heavy atom. The third-order valence-electron chi connectivity index (χ3n) is 3.85. The minimum absolute atomic E-state index is 0.181. The van der Waals surface area contributed by atoms with Gasteiger partial charge in [-0.3, -0.25) is 4.98 Å². The largest absolute Gasteiger partial charge is 0.393 e. The van der Waals surface area contributed by atoms with Gasteiger partial charge in [0.25, 0.3) is 0 Å². The maximum Gasteiger partial charge on any atom is 0.0580 e. The topological polar surface area (TPSA) is 33.1 Å². The van der Waals surface area contributed by atoms with E-state index in [1.165, 1.54) is 44.1 Å². The van der Waals surface area contributed by atoms with Crippen LogP contribution < -0.4 is 0 Å². The minimum atomic E-state index is -0.181. The molecule has 1 aliphatic rings. The molecule has 2 heteroatoms. The molecule has 1 N–H and O–H groups in total. The van der Waals surface area contributed by atoms with Gasteiger partial charge in [-0.1, -0.05) is 32.1 Å². The number of nitrogens with zero attached hydrogens (tertiary/aromatic N) is 1. The fourth-order valence-electron chi connectivity index (χ4n) is 2.80. The average Bonchev–Trinajstić information content (AvgIpc) is 2.39. The average molecular weight is 233 g/mol. The summed E-state index contributed by atoms with van der Waals surface area (Å²) in [6.07, 6.45) is 13.3. The molecule has 0 spiro atoms. The van der Waals surface area contributed by atoms with E-state index in [4.69, 9.17) is 0 Å². The summed E-state index contributed by atoms with van der Waals surface area (Å²) < 4.78 is 0. The SMILES string of the molecule is OC(CCC1CCCCC1)Cc1ccncc1. The molecule has 1 aliphatic carbocycles. The van der Waals surface area contributed by atoms with Crippen molar-refractivity contribution in [2.75, 3.05) is 0 Å². The van der Waals surface area contributed by atoms with Gasteiger partial charge in [0, 0.05) is 12.4 Å². The van der Waals surface area contributed by atoms with Crippen LogP contribution in [0.25, 0.3) is 0 Å². The summed E-state index contributed by atoms with van der Waals surface area (Å²) in [6.45, 7) is 0. The van der Waals surface area contributed by atoms with Gasteiger partial charge in [-0.25, -0.2) is 0 Å². The summed E-state index contributed by atoms with van der Waals surface area (Å²) in [5.41, 5.74) is 1.19. The van der Waals surface area contributed by atoms with E-state index >= 15 is 0 Å². The van der Waals surface area contributed by atoms with Gasteiger partial charge in [0.1, 0.15) is 0 Å². The Bertz CT molecular complexity index is 306. The molecule has 1 heterocycles. The number of hydrogen-bond donors (Lipinski definition) is 1. The van der Waals surface area contributed by atoms with Crippen molar-refractivity contribution >= 4 is 0 Å². The summed E-state index contributed by atoms with van der Waals surface area (Å²) in [5, 5.41) is 10.0. The van der Waals surface area contributed by atoms with Crippen LogP contribution in [-0.4, -0.2) is 16.2 Å². The normalized spacial score (nSPS) is 19.1. The van der Waals surface area contributed by atoms with Crippen molar-refractivity contribution in [1.29, 1.82) is 0 Å². The Labute approximate surface area is 104 Å². The monoisotopic (exact) mass is 233 g/mol. The third kappa shape index (κ3) is 4.47. The highest BCUT2D eigenvalue weighted by atomic mass is 16.3. The molecular weight excluding hydrogens is 210 g/mol. The van der Waals surface area contributed by atoms with Crippen LogP contribution in [0, 0.1) is 5.92 Å². The Morgan fingerprint density at radius 1 is 1.18 bits per heavy atom. The lowest BCUT2D eigenvalue weighted by Gasteiger charge is -2.22. The van der Waals surface area contributed by atoms with Crippen LogP contribution in [0.5, 0.6) is 0 Å². The number of aliphatic hydroxyl groups is 1. The number of aromatic nitrogens is 1. The molecule has 17 heavy (non-hydrogen) atoms. The zero-order valence-corrected chi connectivity index (χ0v) is 10.5. The molecular formula is C15H23NO. The van der Waals surface area contributed by atoms with Crippen LogP contribution in [0.1, 0.15) is 50.5 Å². The molecule has 1 aromatic heterocycles. The fraction of sp³-hybridized carbons (Fsp3) is 0.667. The van der Waals surface area contributed by atoms with Crippen molar-refractivity contribution in [1.82, 2.24) is 4.98 Å². The zero-order valence-electron chi connectivity index (χ0n) is 10.5. The molecule has 94 valence electrons. The molecule has 0 radical (unpaired) electrons. The lowest BCUT2D eigenvalue weighted by Crippen LogP contribution is -2.14. The first-order chi connectivity index (χ1) is 8.34. The summed E-state index contributed by atoms with van der Waals surface area (Å²) >= 11 is 0. The Morgan fingerprint density at radius 3 is 2.59 bits per heavy atom. The summed E-state index contributed by atoms with van der Waals surface area (Å²) in [6, 6.07) is 3.98. The van der Waals surface area contributed by atoms with Crippen molar-refractivity contribution in [2.24, 2.45) is 5.92 Å². The smallest absolute Gasteiger partial charge is 0.0580 e. The van der Waals surface area contributed by atoms with E-state index in [1.54, 1.807) is 12.4 Å². The molecule has 1 fully saturated rings. The standard InChI is InChI=1S/C15H23NO/c17-15(12-14-8-10-16-11-9-14)7-6-13-4-2-1-3-5-13/h8-11,13,15,17H,1-7,12H2. The second-order valence-corrected chi connectivity index (χ2v) is 5.29. The second kappa shape index (κ2) is 6.75. The van der Waals surface area contributed by atoms with Gasteiger partial charge in [-0.05, 0) is 42.9 Å². The van der Waals surface area contributed by atoms with Crippen LogP contribution in [0.4, 0.5) is 0 Å². The maximum atomic E-state index is 10.0. The second-order valence-electron chi connectivity index (χ2n) is 5.29. The van der Waals surface area contributed by atoms with Gasteiger partial charge in [0.2, 0.25) is 0 Å². The zero-order chi connectivity index (χ0) is 11.9. The van der Waals surface area contributed by atoms with E-state index in [0.717, 1.165) is 18.8 Å². The fourth-order valence-corrected chi connectivity index (χ4v) is 2.80. The molecule has 1 unspecified atom stereocenters. The predicted molar refractivity (Wildman–Crippen MR) is 69.8 cm³/mol. The Hall–Kier alpha value is -0.890. The van der Waals surface area contributed by atoms with Gasteiger partial charge in [-0.2, -0.15) is 0 Å². The van der Waals surface area contributed by atoms with Crippen molar-refractivity contribution in [3.05, 3.63) is 30.1 Å². The summed E-state index contributed by atoms with van der Waals surface area (Å²) in [5.74, 6) is 0.871. The lowest BCUT2D eigenvalue weighted by atomic mass is 9.85. The Kier molecular flexibility index (Phi) is 4.99. The van der Waals surface area contributed by atoms with Gasteiger partial charge in [-0.15, -0.1) is 0 Å². The van der Waals surface area contributed by atoms with Gasteiger partial charge in [0.15, 0.2) is 0 Å². The molecule has 0 bridgehead atoms. The van der Waals surface area contributed by atoms with Crippen molar-refractivity contribution < 1.29 is 5.11 Å². The predicted octanol–water partition coefficient (Wildman–Crippen LogP) is 3.35. The Balaban J connectivity index is 1.68. The first kappa shape index (κ1) is 12.6. The third-order valence-corrected chi connectivity index (χ3v) is 3.85. The van der Waals surface area contributed by atoms with Gasteiger partial charge < -0.3 is 5.11 Å². The number of pyridine rings is 1. The maximum absolute atomic E-state index is 10.0. The van der Waals surface area contributed by atoms with E-state index in [9.17, 15) is 5.11 Å². The number of aliphatic hydroxyl groups excluding tert-OH is 1. The molecule has 1 aromatic rings. The number of hydrogen-bond acceptors (Lipinski definition) is 2. The van der Waals surface area contributed by atoms with Crippen LogP contribution in [0.3, 0.4) is 0 Å². The molecule has 2 rings (SSSR count). The van der Waals surface area contributed by atoms with Crippen LogP contribution >= 0.6 is 0 Å². The highest BCUT2D eigenvalue weighted by Gasteiger charge is 2.15. The first-order valence-corrected chi connectivity index (χ1v) is 6.91. The van der Waals surface area contributed by atoms with Crippen molar-refractivity contribution in [3.8, 4) is 0 Å². The highest BCUT2D eigenvalue weighted by Crippen LogP contribution is 2.28. The van der Waals surface area contributed by atoms with E-state index in [2.05, 4.69) is 4.98 Å². The quantitative estimate of drug-likeness (QED) is 0.846. The summed E-state index contributed by atoms with van der Waals surface area (Å²) in [7, 11) is 0. The van der Waals surface area contributed by atoms with Crippen LogP contribution in [0.15, 0.2) is 24.5 Å². The first-order valence-electron chi connectivity index (χ1n) is 6.91. The highest BCUT2D eigenvalue weighted by molar-refractivity contribution is 5.10. The van der Waals surface area contributed by atoms with E-state index in [-0.39, 0.29) is 6.10 Å². The van der Waals surface area contributed by atoms with Crippen LogP contribution in [0.2, 0.25) is 0 Å². The van der Waals surface area contributed by atoms with Crippen molar-refractivity contribution in [2.45, 2.75) is 57.5 Å². The minimum Gasteiger partial charge on any atom is -0.393 e. The molecule has 0 amide bonds. The molecule has 0 aromatic carbocycles. The van der Waals surface area contributed by atoms with Gasteiger partial charge in [0.05, 0.1) is 6.10 Å².